The molecule has 0 aliphatic carbocycles. The number of anilines is 1. The number of nitrogens with one attached hydrogen (secondary N) is 1. The summed E-state index contributed by atoms with van der Waals surface area (Å²) in [7, 11) is -3.34. The maximum absolute atomic E-state index is 12.6. The zero-order valence-corrected chi connectivity index (χ0v) is 19.2. The number of nitrogens with zero attached hydrogens (tertiary/aromatic N) is 1. The van der Waals surface area contributed by atoms with E-state index in [0.717, 1.165) is 32.1 Å². The predicted octanol–water partition coefficient (Wildman–Crippen LogP) is 4.21. The lowest BCUT2D eigenvalue weighted by atomic mass is 10.1. The highest BCUT2D eigenvalue weighted by atomic mass is 32.2. The first-order valence-corrected chi connectivity index (χ1v) is 12.7. The SMILES string of the molecule is CCCCOC(=O)c1ccc(NC(=O)c2ccc(CS(=O)(=O)N3CCCCC3)cc2)cc1. The van der Waals surface area contributed by atoms with Crippen molar-refractivity contribution >= 4 is 27.6 Å². The summed E-state index contributed by atoms with van der Waals surface area (Å²) in [6.45, 7) is 3.58. The minimum atomic E-state index is -3.34. The van der Waals surface area contributed by atoms with E-state index in [-0.39, 0.29) is 17.6 Å². The van der Waals surface area contributed by atoms with Gasteiger partial charge in [0, 0.05) is 24.3 Å². The Morgan fingerprint density at radius 1 is 0.938 bits per heavy atom. The summed E-state index contributed by atoms with van der Waals surface area (Å²) in [6.07, 6.45) is 4.65. The second-order valence-electron chi connectivity index (χ2n) is 7.93. The van der Waals surface area contributed by atoms with Crippen molar-refractivity contribution in [2.75, 3.05) is 25.0 Å². The number of amides is 1. The van der Waals surface area contributed by atoms with Crippen LogP contribution in [0.3, 0.4) is 0 Å². The van der Waals surface area contributed by atoms with Crippen molar-refractivity contribution in [1.82, 2.24) is 4.31 Å². The van der Waals surface area contributed by atoms with Gasteiger partial charge < -0.3 is 10.1 Å². The first-order chi connectivity index (χ1) is 15.4. The number of piperidine rings is 1. The van der Waals surface area contributed by atoms with Crippen LogP contribution in [0.25, 0.3) is 0 Å². The van der Waals surface area contributed by atoms with Gasteiger partial charge in [-0.05, 0) is 61.2 Å². The quantitative estimate of drug-likeness (QED) is 0.449. The highest BCUT2D eigenvalue weighted by molar-refractivity contribution is 7.88. The minimum absolute atomic E-state index is 0.0648. The molecule has 0 radical (unpaired) electrons. The second-order valence-corrected chi connectivity index (χ2v) is 9.90. The third kappa shape index (κ3) is 6.64. The van der Waals surface area contributed by atoms with Crippen LogP contribution in [0.1, 0.15) is 65.3 Å². The number of rotatable bonds is 9. The number of carbonyl (C=O) groups is 2. The molecule has 2 aromatic carbocycles. The molecule has 1 saturated heterocycles. The Labute approximate surface area is 189 Å². The molecule has 7 nitrogen and oxygen atoms in total. The Bertz CT molecular complexity index is 1010. The van der Waals surface area contributed by atoms with Gasteiger partial charge >= 0.3 is 5.97 Å². The van der Waals surface area contributed by atoms with E-state index in [4.69, 9.17) is 4.74 Å². The molecule has 0 atom stereocenters. The topological polar surface area (TPSA) is 92.8 Å². The first-order valence-electron chi connectivity index (χ1n) is 11.0. The number of ether oxygens (including phenoxy) is 1. The van der Waals surface area contributed by atoms with Gasteiger partial charge in [-0.2, -0.15) is 0 Å². The molecular formula is C24H30N2O5S. The van der Waals surface area contributed by atoms with E-state index < -0.39 is 10.0 Å². The van der Waals surface area contributed by atoms with E-state index in [1.807, 2.05) is 6.92 Å². The fourth-order valence-electron chi connectivity index (χ4n) is 3.48. The number of carbonyl (C=O) groups excluding carboxylic acids is 2. The van der Waals surface area contributed by atoms with Crippen LogP contribution in [0, 0.1) is 0 Å². The van der Waals surface area contributed by atoms with Gasteiger partial charge in [-0.3, -0.25) is 4.79 Å². The van der Waals surface area contributed by atoms with Gasteiger partial charge in [0.1, 0.15) is 0 Å². The molecule has 1 heterocycles. The molecule has 2 aromatic rings. The van der Waals surface area contributed by atoms with Crippen molar-refractivity contribution in [2.24, 2.45) is 0 Å². The number of hydrogen-bond acceptors (Lipinski definition) is 5. The summed E-state index contributed by atoms with van der Waals surface area (Å²) in [5.41, 5.74) is 2.06. The van der Waals surface area contributed by atoms with Crippen molar-refractivity contribution in [3.05, 3.63) is 65.2 Å². The molecule has 1 aliphatic heterocycles. The Kier molecular flexibility index (Phi) is 8.41. The van der Waals surface area contributed by atoms with E-state index in [2.05, 4.69) is 5.32 Å². The zero-order valence-electron chi connectivity index (χ0n) is 18.4. The highest BCUT2D eigenvalue weighted by Gasteiger charge is 2.24. The number of unbranched alkanes of at least 4 members (excludes halogenated alkanes) is 1. The fraction of sp³-hybridized carbons (Fsp3) is 0.417. The molecule has 0 unspecified atom stereocenters. The molecular weight excluding hydrogens is 428 g/mol. The summed E-state index contributed by atoms with van der Waals surface area (Å²) in [5.74, 6) is -0.759. The molecule has 3 rings (SSSR count). The van der Waals surface area contributed by atoms with Crippen LogP contribution in [0.5, 0.6) is 0 Å². The molecule has 32 heavy (non-hydrogen) atoms. The fourth-order valence-corrected chi connectivity index (χ4v) is 5.09. The normalized spacial score (nSPS) is 14.7. The smallest absolute Gasteiger partial charge is 0.338 e. The second kappa shape index (κ2) is 11.2. The van der Waals surface area contributed by atoms with E-state index in [1.54, 1.807) is 52.8 Å². The lowest BCUT2D eigenvalue weighted by Gasteiger charge is -2.25. The Morgan fingerprint density at radius 3 is 2.19 bits per heavy atom. The first kappa shape index (κ1) is 23.9. The van der Waals surface area contributed by atoms with Gasteiger partial charge in [0.25, 0.3) is 5.91 Å². The molecule has 0 bridgehead atoms. The monoisotopic (exact) mass is 458 g/mol. The van der Waals surface area contributed by atoms with Gasteiger partial charge in [0.2, 0.25) is 10.0 Å². The van der Waals surface area contributed by atoms with E-state index in [9.17, 15) is 18.0 Å². The van der Waals surface area contributed by atoms with Crippen molar-refractivity contribution in [1.29, 1.82) is 0 Å². The van der Waals surface area contributed by atoms with E-state index in [1.165, 1.54) is 0 Å². The summed E-state index contributed by atoms with van der Waals surface area (Å²) in [5, 5.41) is 2.78. The van der Waals surface area contributed by atoms with Crippen LogP contribution in [-0.2, 0) is 20.5 Å². The third-order valence-electron chi connectivity index (χ3n) is 5.38. The average molecular weight is 459 g/mol. The van der Waals surface area contributed by atoms with Crippen LogP contribution < -0.4 is 5.32 Å². The number of benzene rings is 2. The lowest BCUT2D eigenvalue weighted by molar-refractivity contribution is 0.0499. The number of esters is 1. The van der Waals surface area contributed by atoms with Crippen LogP contribution in [0.4, 0.5) is 5.69 Å². The Morgan fingerprint density at radius 2 is 1.56 bits per heavy atom. The molecule has 1 N–H and O–H groups in total. The molecule has 0 saturated carbocycles. The third-order valence-corrected chi connectivity index (χ3v) is 7.23. The zero-order chi connectivity index (χ0) is 23.0. The van der Waals surface area contributed by atoms with Gasteiger partial charge in [0.05, 0.1) is 17.9 Å². The van der Waals surface area contributed by atoms with Gasteiger partial charge in [-0.25, -0.2) is 17.5 Å². The lowest BCUT2D eigenvalue weighted by Crippen LogP contribution is -2.36. The Hall–Kier alpha value is -2.71. The van der Waals surface area contributed by atoms with E-state index in [0.29, 0.717) is 42.1 Å². The Balaban J connectivity index is 1.56. The van der Waals surface area contributed by atoms with Gasteiger partial charge in [0.15, 0.2) is 0 Å². The van der Waals surface area contributed by atoms with Crippen molar-refractivity contribution in [2.45, 2.75) is 44.8 Å². The average Bonchev–Trinajstić information content (AvgIpc) is 2.80. The maximum atomic E-state index is 12.6. The number of hydrogen-bond donors (Lipinski definition) is 1. The number of sulfonamides is 1. The van der Waals surface area contributed by atoms with Crippen LogP contribution in [0.2, 0.25) is 0 Å². The minimum Gasteiger partial charge on any atom is -0.462 e. The molecule has 1 amide bonds. The van der Waals surface area contributed by atoms with Crippen molar-refractivity contribution in [3.8, 4) is 0 Å². The van der Waals surface area contributed by atoms with Crippen LogP contribution in [-0.4, -0.2) is 44.3 Å². The largest absolute Gasteiger partial charge is 0.462 e. The molecule has 0 spiro atoms. The molecule has 0 aromatic heterocycles. The summed E-state index contributed by atoms with van der Waals surface area (Å²) in [6, 6.07) is 13.1. The van der Waals surface area contributed by atoms with Crippen molar-refractivity contribution < 1.29 is 22.7 Å². The molecule has 172 valence electrons. The predicted molar refractivity (Wildman–Crippen MR) is 124 cm³/mol. The standard InChI is InChI=1S/C24H30N2O5S/c1-2-3-17-31-24(28)21-11-13-22(14-12-21)25-23(27)20-9-7-19(8-10-20)18-32(29,30)26-15-5-4-6-16-26/h7-14H,2-6,15-18H2,1H3,(H,25,27). The highest BCUT2D eigenvalue weighted by Crippen LogP contribution is 2.18. The molecule has 1 aliphatic rings. The van der Waals surface area contributed by atoms with E-state index >= 15 is 0 Å². The maximum Gasteiger partial charge on any atom is 0.338 e. The molecule has 8 heteroatoms. The van der Waals surface area contributed by atoms with Crippen LogP contribution >= 0.6 is 0 Å². The summed E-state index contributed by atoms with van der Waals surface area (Å²) < 4.78 is 31.9. The molecule has 1 fully saturated rings. The van der Waals surface area contributed by atoms with Crippen LogP contribution in [0.15, 0.2) is 48.5 Å². The van der Waals surface area contributed by atoms with Crippen molar-refractivity contribution in [3.63, 3.8) is 0 Å². The van der Waals surface area contributed by atoms with Gasteiger partial charge in [-0.15, -0.1) is 0 Å². The van der Waals surface area contributed by atoms with Gasteiger partial charge in [-0.1, -0.05) is 31.9 Å². The summed E-state index contributed by atoms with van der Waals surface area (Å²) >= 11 is 0. The summed E-state index contributed by atoms with van der Waals surface area (Å²) in [4.78, 5) is 24.5.